The van der Waals surface area contributed by atoms with Crippen molar-refractivity contribution in [3.63, 3.8) is 0 Å². The molecule has 9 atom stereocenters. The van der Waals surface area contributed by atoms with Gasteiger partial charge >= 0.3 is 0 Å². The zero-order chi connectivity index (χ0) is 41.9. The topological polar surface area (TPSA) is 138 Å². The van der Waals surface area contributed by atoms with E-state index in [1.807, 2.05) is 59.6 Å². The number of carbonyl (C=O) groups is 5. The van der Waals surface area contributed by atoms with E-state index in [2.05, 4.69) is 31.4 Å². The zero-order valence-electron chi connectivity index (χ0n) is 36.5. The van der Waals surface area contributed by atoms with Gasteiger partial charge in [-0.2, -0.15) is 0 Å². The van der Waals surface area contributed by atoms with Gasteiger partial charge in [-0.05, 0) is 65.3 Å². The maximum absolute atomic E-state index is 14.4. The number of ketones is 1. The van der Waals surface area contributed by atoms with Crippen LogP contribution in [0.3, 0.4) is 0 Å². The molecular formula is C43H73N5O7. The molecule has 12 heteroatoms. The minimum Gasteiger partial charge on any atom is -0.379 e. The van der Waals surface area contributed by atoms with E-state index in [-0.39, 0.29) is 65.2 Å². The first-order valence-electron chi connectivity index (χ1n) is 20.2. The normalized spacial score (nSPS) is 19.3. The number of nitrogens with zero attached hydrogens (tertiary/aromatic N) is 3. The summed E-state index contributed by atoms with van der Waals surface area (Å²) >= 11 is 0. The van der Waals surface area contributed by atoms with Crippen LogP contribution in [-0.2, 0) is 28.7 Å². The van der Waals surface area contributed by atoms with Gasteiger partial charge in [-0.1, -0.05) is 85.2 Å². The predicted octanol–water partition coefficient (Wildman–Crippen LogP) is 5.19. The molecule has 1 fully saturated rings. The van der Waals surface area contributed by atoms with Gasteiger partial charge in [-0.3, -0.25) is 28.9 Å². The Morgan fingerprint density at radius 2 is 1.47 bits per heavy atom. The Balaban J connectivity index is 2.28. The first-order valence-corrected chi connectivity index (χ1v) is 20.2. The third-order valence-corrected chi connectivity index (χ3v) is 11.7. The van der Waals surface area contributed by atoms with Crippen LogP contribution in [0.1, 0.15) is 112 Å². The maximum atomic E-state index is 14.4. The molecule has 0 radical (unpaired) electrons. The van der Waals surface area contributed by atoms with E-state index in [1.165, 1.54) is 0 Å². The van der Waals surface area contributed by atoms with Crippen molar-refractivity contribution < 1.29 is 33.4 Å². The lowest BCUT2D eigenvalue weighted by Crippen LogP contribution is -2.61. The second-order valence-electron chi connectivity index (χ2n) is 17.3. The average molecular weight is 772 g/mol. The summed E-state index contributed by atoms with van der Waals surface area (Å²) in [6.07, 6.45) is 0.908. The average Bonchev–Trinajstić information content (AvgIpc) is 3.62. The second-order valence-corrected chi connectivity index (χ2v) is 17.3. The molecule has 1 aromatic rings. The summed E-state index contributed by atoms with van der Waals surface area (Å²) < 4.78 is 12.0. The highest BCUT2D eigenvalue weighted by molar-refractivity contribution is 6.01. The zero-order valence-corrected chi connectivity index (χ0v) is 36.5. The van der Waals surface area contributed by atoms with Crippen molar-refractivity contribution >= 4 is 29.4 Å². The molecule has 2 N–H and O–H groups in total. The lowest BCUT2D eigenvalue weighted by atomic mass is 9.89. The van der Waals surface area contributed by atoms with Gasteiger partial charge in [-0.15, -0.1) is 0 Å². The molecule has 0 unspecified atom stereocenters. The highest BCUT2D eigenvalue weighted by Gasteiger charge is 2.43. The van der Waals surface area contributed by atoms with Crippen LogP contribution in [0.4, 0.5) is 0 Å². The Morgan fingerprint density at radius 1 is 0.873 bits per heavy atom. The summed E-state index contributed by atoms with van der Waals surface area (Å²) in [5.41, 5.74) is 0.256. The van der Waals surface area contributed by atoms with Gasteiger partial charge in [-0.25, -0.2) is 0 Å². The Bertz CT molecular complexity index is 1410. The van der Waals surface area contributed by atoms with E-state index >= 15 is 0 Å². The molecule has 55 heavy (non-hydrogen) atoms. The smallest absolute Gasteiger partial charge is 0.245 e. The first-order chi connectivity index (χ1) is 25.6. The first kappa shape index (κ1) is 47.8. The molecule has 1 heterocycles. The van der Waals surface area contributed by atoms with Gasteiger partial charge in [0.05, 0.1) is 48.7 Å². The van der Waals surface area contributed by atoms with Crippen molar-refractivity contribution in [3.05, 3.63) is 35.9 Å². The monoisotopic (exact) mass is 772 g/mol. The van der Waals surface area contributed by atoms with Crippen molar-refractivity contribution in [1.29, 1.82) is 0 Å². The van der Waals surface area contributed by atoms with E-state index in [0.29, 0.717) is 18.5 Å². The number of hydrogen-bond donors (Lipinski definition) is 2. The lowest BCUT2D eigenvalue weighted by Gasteiger charge is -2.42. The van der Waals surface area contributed by atoms with Crippen LogP contribution in [0.5, 0.6) is 0 Å². The van der Waals surface area contributed by atoms with E-state index in [4.69, 9.17) is 9.47 Å². The number of benzene rings is 1. The standard InChI is InChI=1S/C43H73N5O7/c1-16-28(6)37(46(12)42(53)35(26(2)3)45-41(52)36(27(4)5)47(13)43(9,10)11)33(54-14)25-34(49)48-24-20-23-32(48)39(55-15)29(7)40(51)44-30(8)38(50)31-21-18-17-19-22-31/h17-19,21-22,26-30,32-33,35-37,39H,16,20,23-25H2,1-15H3,(H,44,51)(H,45,52)/t28-,29+,30+,32-,33+,35-,36-,37-,39+/m0/s1. The highest BCUT2D eigenvalue weighted by Crippen LogP contribution is 2.30. The van der Waals surface area contributed by atoms with Gasteiger partial charge in [0, 0.05) is 38.9 Å². The molecule has 0 aromatic heterocycles. The van der Waals surface area contributed by atoms with Gasteiger partial charge in [0.1, 0.15) is 6.04 Å². The number of ether oxygens (including phenoxy) is 2. The van der Waals surface area contributed by atoms with Crippen LogP contribution in [0.2, 0.25) is 0 Å². The van der Waals surface area contributed by atoms with Gasteiger partial charge < -0.3 is 29.9 Å². The molecule has 4 amide bonds. The Hall–Kier alpha value is -3.35. The van der Waals surface area contributed by atoms with Gasteiger partial charge in [0.25, 0.3) is 0 Å². The third-order valence-electron chi connectivity index (χ3n) is 11.7. The van der Waals surface area contributed by atoms with E-state index in [0.717, 1.165) is 12.8 Å². The highest BCUT2D eigenvalue weighted by atomic mass is 16.5. The summed E-state index contributed by atoms with van der Waals surface area (Å²) in [4.78, 5) is 74.4. The van der Waals surface area contributed by atoms with E-state index < -0.39 is 42.3 Å². The molecule has 1 aliphatic rings. The summed E-state index contributed by atoms with van der Waals surface area (Å²) in [6.45, 7) is 22.1. The van der Waals surface area contributed by atoms with Crippen molar-refractivity contribution in [3.8, 4) is 0 Å². The fourth-order valence-electron chi connectivity index (χ4n) is 7.88. The number of hydrogen-bond acceptors (Lipinski definition) is 8. The van der Waals surface area contributed by atoms with Crippen LogP contribution in [0.25, 0.3) is 0 Å². The number of carbonyl (C=O) groups excluding carboxylic acids is 5. The predicted molar refractivity (Wildman–Crippen MR) is 217 cm³/mol. The Kier molecular flexibility index (Phi) is 18.5. The van der Waals surface area contributed by atoms with Crippen LogP contribution < -0.4 is 10.6 Å². The third kappa shape index (κ3) is 12.3. The molecule has 0 spiro atoms. The minimum atomic E-state index is -0.782. The van der Waals surface area contributed by atoms with Crippen molar-refractivity contribution in [2.75, 3.05) is 34.9 Å². The molecule has 1 aromatic carbocycles. The van der Waals surface area contributed by atoms with E-state index in [9.17, 15) is 24.0 Å². The molecule has 2 rings (SSSR count). The van der Waals surface area contributed by atoms with Crippen LogP contribution in [0.15, 0.2) is 30.3 Å². The summed E-state index contributed by atoms with van der Waals surface area (Å²) in [5.74, 6) is -1.95. The SMILES string of the molecule is CC[C@H](C)[C@@H]([C@@H](CC(=O)N1CCC[C@H]1[C@H](OC)[C@@H](C)C(=O)N[C@H](C)C(=O)c1ccccc1)OC)N(C)C(=O)[C@@H](NC(=O)[C@H](C(C)C)N(C)C(C)(C)C)C(C)C. The number of nitrogens with one attached hydrogen (secondary N) is 2. The van der Waals surface area contributed by atoms with Gasteiger partial charge in [0.15, 0.2) is 5.78 Å². The second kappa shape index (κ2) is 21.3. The fourth-order valence-corrected chi connectivity index (χ4v) is 7.88. The largest absolute Gasteiger partial charge is 0.379 e. The van der Waals surface area contributed by atoms with Crippen molar-refractivity contribution in [2.45, 2.75) is 150 Å². The van der Waals surface area contributed by atoms with Crippen molar-refractivity contribution in [1.82, 2.24) is 25.3 Å². The van der Waals surface area contributed by atoms with Crippen LogP contribution in [-0.4, -0.2) is 127 Å². The van der Waals surface area contributed by atoms with Crippen LogP contribution in [0, 0.1) is 23.7 Å². The number of Topliss-reactive ketones (excluding diaryl/α,β-unsaturated/α-hetero) is 1. The van der Waals surface area contributed by atoms with Gasteiger partial charge in [0.2, 0.25) is 23.6 Å². The van der Waals surface area contributed by atoms with E-state index in [1.54, 1.807) is 69.2 Å². The number of rotatable bonds is 20. The number of amides is 4. The lowest BCUT2D eigenvalue weighted by molar-refractivity contribution is -0.148. The molecule has 0 saturated carbocycles. The number of likely N-dealkylation sites (tertiary alicyclic amines) is 1. The summed E-state index contributed by atoms with van der Waals surface area (Å²) in [5, 5.41) is 5.96. The molecule has 1 saturated heterocycles. The summed E-state index contributed by atoms with van der Waals surface area (Å²) in [6, 6.07) is 6.06. The molecule has 0 aliphatic carbocycles. The number of likely N-dealkylation sites (N-methyl/N-ethyl adjacent to an activating group) is 2. The van der Waals surface area contributed by atoms with Crippen LogP contribution >= 0.6 is 0 Å². The molecule has 1 aliphatic heterocycles. The summed E-state index contributed by atoms with van der Waals surface area (Å²) in [7, 11) is 6.78. The molecule has 0 bridgehead atoms. The fraction of sp³-hybridized carbons (Fsp3) is 0.744. The minimum absolute atomic E-state index is 0.0125. The number of methoxy groups -OCH3 is 2. The molecule has 312 valence electrons. The van der Waals surface area contributed by atoms with Crippen molar-refractivity contribution in [2.24, 2.45) is 23.7 Å². The maximum Gasteiger partial charge on any atom is 0.245 e. The quantitative estimate of drug-likeness (QED) is 0.173. The Morgan fingerprint density at radius 3 is 1.96 bits per heavy atom. The molecular weight excluding hydrogens is 699 g/mol. The molecule has 12 nitrogen and oxygen atoms in total. The Labute approximate surface area is 331 Å².